The topological polar surface area (TPSA) is 29.3 Å². The third-order valence-electron chi connectivity index (χ3n) is 2.74. The van der Waals surface area contributed by atoms with E-state index in [9.17, 15) is 0 Å². The molecule has 0 radical (unpaired) electrons. The molecule has 0 aromatic heterocycles. The summed E-state index contributed by atoms with van der Waals surface area (Å²) in [5.41, 5.74) is 8.40. The van der Waals surface area contributed by atoms with Crippen molar-refractivity contribution in [2.45, 2.75) is 32.9 Å². The Balaban J connectivity index is 3.21. The maximum atomic E-state index is 6.04. The Labute approximate surface area is 113 Å². The quantitative estimate of drug-likeness (QED) is 0.836. The lowest BCUT2D eigenvalue weighted by atomic mass is 10.0. The SMILES string of the molecule is C=CCN(c1ccc(Br)cc1C(C)N)C(C)C. The largest absolute Gasteiger partial charge is 0.365 e. The molecule has 1 unspecified atom stereocenters. The lowest BCUT2D eigenvalue weighted by Crippen LogP contribution is -2.32. The van der Waals surface area contributed by atoms with Gasteiger partial charge in [-0.25, -0.2) is 0 Å². The van der Waals surface area contributed by atoms with Gasteiger partial charge in [0.15, 0.2) is 0 Å². The Bertz CT molecular complexity index is 386. The van der Waals surface area contributed by atoms with E-state index in [1.54, 1.807) is 0 Å². The summed E-state index contributed by atoms with van der Waals surface area (Å²) in [5, 5.41) is 0. The zero-order valence-corrected chi connectivity index (χ0v) is 12.4. The van der Waals surface area contributed by atoms with Crippen LogP contribution in [0.4, 0.5) is 5.69 Å². The van der Waals surface area contributed by atoms with Gasteiger partial charge in [-0.2, -0.15) is 0 Å². The normalized spacial score (nSPS) is 12.6. The predicted octanol–water partition coefficient (Wildman–Crippen LogP) is 3.87. The molecule has 0 saturated heterocycles. The smallest absolute Gasteiger partial charge is 0.0420 e. The standard InChI is InChI=1S/C14H21BrN2/c1-5-8-17(10(2)3)14-7-6-12(15)9-13(14)11(4)16/h5-7,9-11H,1,8,16H2,2-4H3. The van der Waals surface area contributed by atoms with Gasteiger partial charge in [-0.15, -0.1) is 6.58 Å². The third-order valence-corrected chi connectivity index (χ3v) is 3.23. The van der Waals surface area contributed by atoms with Crippen LogP contribution >= 0.6 is 15.9 Å². The second kappa shape index (κ2) is 6.22. The first kappa shape index (κ1) is 14.3. The minimum Gasteiger partial charge on any atom is -0.365 e. The highest BCUT2D eigenvalue weighted by atomic mass is 79.9. The summed E-state index contributed by atoms with van der Waals surface area (Å²) in [4.78, 5) is 2.30. The predicted molar refractivity (Wildman–Crippen MR) is 79.4 cm³/mol. The first-order chi connectivity index (χ1) is 7.97. The summed E-state index contributed by atoms with van der Waals surface area (Å²) in [6.07, 6.45) is 1.92. The lowest BCUT2D eigenvalue weighted by Gasteiger charge is -2.31. The molecule has 2 nitrogen and oxygen atoms in total. The highest BCUT2D eigenvalue weighted by Crippen LogP contribution is 2.29. The molecule has 0 aliphatic heterocycles. The molecular weight excluding hydrogens is 276 g/mol. The van der Waals surface area contributed by atoms with E-state index in [2.05, 4.69) is 59.5 Å². The van der Waals surface area contributed by atoms with Crippen LogP contribution in [0.3, 0.4) is 0 Å². The monoisotopic (exact) mass is 296 g/mol. The second-order valence-electron chi connectivity index (χ2n) is 4.53. The fourth-order valence-corrected chi connectivity index (χ4v) is 2.26. The number of hydrogen-bond donors (Lipinski definition) is 1. The number of hydrogen-bond acceptors (Lipinski definition) is 2. The maximum Gasteiger partial charge on any atom is 0.0420 e. The van der Waals surface area contributed by atoms with Gasteiger partial charge in [0, 0.05) is 28.8 Å². The van der Waals surface area contributed by atoms with Crippen molar-refractivity contribution in [2.24, 2.45) is 5.73 Å². The van der Waals surface area contributed by atoms with Crippen molar-refractivity contribution in [1.82, 2.24) is 0 Å². The molecule has 0 amide bonds. The highest BCUT2D eigenvalue weighted by Gasteiger charge is 2.15. The van der Waals surface area contributed by atoms with Crippen LogP contribution in [0.2, 0.25) is 0 Å². The minimum atomic E-state index is 0.0218. The first-order valence-electron chi connectivity index (χ1n) is 5.90. The zero-order chi connectivity index (χ0) is 13.0. The number of halogens is 1. The molecule has 0 saturated carbocycles. The summed E-state index contributed by atoms with van der Waals surface area (Å²) >= 11 is 3.50. The number of benzene rings is 1. The van der Waals surface area contributed by atoms with Crippen molar-refractivity contribution in [3.63, 3.8) is 0 Å². The molecule has 0 heterocycles. The van der Waals surface area contributed by atoms with Gasteiger partial charge in [-0.05, 0) is 44.5 Å². The van der Waals surface area contributed by atoms with E-state index in [0.717, 1.165) is 16.6 Å². The molecule has 1 rings (SSSR count). The first-order valence-corrected chi connectivity index (χ1v) is 6.69. The van der Waals surface area contributed by atoms with Gasteiger partial charge in [-0.3, -0.25) is 0 Å². The van der Waals surface area contributed by atoms with E-state index in [0.29, 0.717) is 6.04 Å². The van der Waals surface area contributed by atoms with Crippen LogP contribution < -0.4 is 10.6 Å². The van der Waals surface area contributed by atoms with Gasteiger partial charge in [0.1, 0.15) is 0 Å². The summed E-state index contributed by atoms with van der Waals surface area (Å²) in [6, 6.07) is 6.71. The number of anilines is 1. The van der Waals surface area contributed by atoms with Crippen LogP contribution in [0, 0.1) is 0 Å². The van der Waals surface area contributed by atoms with E-state index in [1.165, 1.54) is 5.69 Å². The number of nitrogens with two attached hydrogens (primary N) is 1. The molecule has 17 heavy (non-hydrogen) atoms. The Kier molecular flexibility index (Phi) is 5.22. The summed E-state index contributed by atoms with van der Waals surface area (Å²) in [6.45, 7) is 11.0. The van der Waals surface area contributed by atoms with Gasteiger partial charge in [0.2, 0.25) is 0 Å². The minimum absolute atomic E-state index is 0.0218. The van der Waals surface area contributed by atoms with Gasteiger partial charge in [0.25, 0.3) is 0 Å². The molecule has 0 fully saturated rings. The molecule has 0 bridgehead atoms. The average Bonchev–Trinajstić information content (AvgIpc) is 2.26. The molecule has 0 aliphatic carbocycles. The number of rotatable bonds is 5. The summed E-state index contributed by atoms with van der Waals surface area (Å²) < 4.78 is 1.07. The van der Waals surface area contributed by atoms with Gasteiger partial charge < -0.3 is 10.6 Å². The molecule has 1 aromatic rings. The molecular formula is C14H21BrN2. The van der Waals surface area contributed by atoms with Crippen LogP contribution in [0.25, 0.3) is 0 Å². The number of nitrogens with zero attached hydrogens (tertiary/aromatic N) is 1. The van der Waals surface area contributed by atoms with E-state index in [4.69, 9.17) is 5.73 Å². The second-order valence-corrected chi connectivity index (χ2v) is 5.44. The van der Waals surface area contributed by atoms with Gasteiger partial charge in [0.05, 0.1) is 0 Å². The van der Waals surface area contributed by atoms with Crippen LogP contribution in [0.5, 0.6) is 0 Å². The molecule has 2 N–H and O–H groups in total. The Morgan fingerprint density at radius 1 is 1.41 bits per heavy atom. The highest BCUT2D eigenvalue weighted by molar-refractivity contribution is 9.10. The van der Waals surface area contributed by atoms with Crippen molar-refractivity contribution in [1.29, 1.82) is 0 Å². The average molecular weight is 297 g/mol. The molecule has 1 atom stereocenters. The van der Waals surface area contributed by atoms with Crippen molar-refractivity contribution >= 4 is 21.6 Å². The maximum absolute atomic E-state index is 6.04. The van der Waals surface area contributed by atoms with E-state index in [1.807, 2.05) is 13.0 Å². The van der Waals surface area contributed by atoms with Gasteiger partial charge in [-0.1, -0.05) is 22.0 Å². The van der Waals surface area contributed by atoms with Crippen molar-refractivity contribution < 1.29 is 0 Å². The molecule has 1 aromatic carbocycles. The fraction of sp³-hybridized carbons (Fsp3) is 0.429. The molecule has 3 heteroatoms. The molecule has 94 valence electrons. The Morgan fingerprint density at radius 2 is 2.06 bits per heavy atom. The zero-order valence-electron chi connectivity index (χ0n) is 10.8. The van der Waals surface area contributed by atoms with Crippen molar-refractivity contribution in [3.05, 3.63) is 40.9 Å². The Morgan fingerprint density at radius 3 is 2.53 bits per heavy atom. The van der Waals surface area contributed by atoms with Crippen LogP contribution in [0.1, 0.15) is 32.4 Å². The fourth-order valence-electron chi connectivity index (χ4n) is 1.88. The van der Waals surface area contributed by atoms with Crippen LogP contribution in [-0.4, -0.2) is 12.6 Å². The lowest BCUT2D eigenvalue weighted by molar-refractivity contribution is 0.708. The van der Waals surface area contributed by atoms with E-state index in [-0.39, 0.29) is 6.04 Å². The van der Waals surface area contributed by atoms with Gasteiger partial charge >= 0.3 is 0 Å². The molecule has 0 spiro atoms. The van der Waals surface area contributed by atoms with Crippen LogP contribution in [-0.2, 0) is 0 Å². The summed E-state index contributed by atoms with van der Waals surface area (Å²) in [5.74, 6) is 0. The van der Waals surface area contributed by atoms with Crippen LogP contribution in [0.15, 0.2) is 35.3 Å². The van der Waals surface area contributed by atoms with E-state index < -0.39 is 0 Å². The Hall–Kier alpha value is -0.800. The summed E-state index contributed by atoms with van der Waals surface area (Å²) in [7, 11) is 0. The molecule has 0 aliphatic rings. The third kappa shape index (κ3) is 3.58. The van der Waals surface area contributed by atoms with Crippen molar-refractivity contribution in [3.8, 4) is 0 Å². The van der Waals surface area contributed by atoms with E-state index >= 15 is 0 Å². The van der Waals surface area contributed by atoms with Crippen molar-refractivity contribution in [2.75, 3.05) is 11.4 Å².